The summed E-state index contributed by atoms with van der Waals surface area (Å²) in [4.78, 5) is 2.30. The van der Waals surface area contributed by atoms with Gasteiger partial charge in [-0.15, -0.1) is 0 Å². The Hall–Kier alpha value is -1.26. The van der Waals surface area contributed by atoms with E-state index in [-0.39, 0.29) is 5.54 Å². The van der Waals surface area contributed by atoms with Crippen molar-refractivity contribution in [3.05, 3.63) is 23.3 Å². The second-order valence-electron chi connectivity index (χ2n) is 5.90. The minimum absolute atomic E-state index is 0.360. The summed E-state index contributed by atoms with van der Waals surface area (Å²) < 4.78 is 5.81. The van der Waals surface area contributed by atoms with E-state index < -0.39 is 0 Å². The van der Waals surface area contributed by atoms with Crippen LogP contribution in [0.15, 0.2) is 12.1 Å². The van der Waals surface area contributed by atoms with E-state index in [0.717, 1.165) is 30.7 Å². The van der Waals surface area contributed by atoms with Crippen molar-refractivity contribution in [3.8, 4) is 5.75 Å². The predicted octanol–water partition coefficient (Wildman–Crippen LogP) is 2.39. The minimum atomic E-state index is -0.360. The molecule has 0 saturated heterocycles. The van der Waals surface area contributed by atoms with Crippen LogP contribution in [0.5, 0.6) is 5.75 Å². The maximum absolute atomic E-state index is 10.0. The normalized spacial score (nSPS) is 25.8. The molecule has 1 aromatic rings. The Morgan fingerprint density at radius 3 is 2.95 bits per heavy atom. The third-order valence-electron chi connectivity index (χ3n) is 4.67. The van der Waals surface area contributed by atoms with E-state index in [2.05, 4.69) is 31.0 Å². The van der Waals surface area contributed by atoms with Gasteiger partial charge in [0, 0.05) is 38.3 Å². The molecule has 1 unspecified atom stereocenters. The van der Waals surface area contributed by atoms with Crippen LogP contribution in [0.3, 0.4) is 0 Å². The molecule has 0 saturated carbocycles. The molecule has 3 rings (SSSR count). The lowest BCUT2D eigenvalue weighted by molar-refractivity contribution is -0.160. The molecular formula is C15H22N2O2. The summed E-state index contributed by atoms with van der Waals surface area (Å²) in [7, 11) is 3.85. The van der Waals surface area contributed by atoms with E-state index in [9.17, 15) is 5.21 Å². The Kier molecular flexibility index (Phi) is 2.95. The van der Waals surface area contributed by atoms with E-state index >= 15 is 0 Å². The standard InChI is InChI=1S/C15H22N2O2/c1-15(17(3)18)6-8-19-14-9-11-5-4-7-16(2)13(11)10-12(14)15/h9-10,18H,4-8H2,1-3H3. The highest BCUT2D eigenvalue weighted by atomic mass is 16.5. The SMILES string of the molecule is CN1CCCc2cc3c(cc21)C(C)(N(C)O)CCO3. The highest BCUT2D eigenvalue weighted by molar-refractivity contribution is 5.62. The zero-order valence-electron chi connectivity index (χ0n) is 11.9. The molecule has 0 amide bonds. The van der Waals surface area contributed by atoms with Crippen LogP contribution >= 0.6 is 0 Å². The second-order valence-corrected chi connectivity index (χ2v) is 5.90. The van der Waals surface area contributed by atoms with Gasteiger partial charge in [-0.05, 0) is 37.5 Å². The van der Waals surface area contributed by atoms with Gasteiger partial charge in [0.2, 0.25) is 0 Å². The summed E-state index contributed by atoms with van der Waals surface area (Å²) >= 11 is 0. The number of fused-ring (bicyclic) bond motifs is 2. The summed E-state index contributed by atoms with van der Waals surface area (Å²) in [5, 5.41) is 11.3. The fraction of sp³-hybridized carbons (Fsp3) is 0.600. The number of ether oxygens (including phenoxy) is 1. The fourth-order valence-electron chi connectivity index (χ4n) is 3.16. The van der Waals surface area contributed by atoms with Gasteiger partial charge in [0.05, 0.1) is 12.1 Å². The molecular weight excluding hydrogens is 240 g/mol. The van der Waals surface area contributed by atoms with Gasteiger partial charge in [0.15, 0.2) is 0 Å². The van der Waals surface area contributed by atoms with E-state index in [0.29, 0.717) is 6.61 Å². The number of hydroxylamine groups is 2. The number of nitrogens with zero attached hydrogens (tertiary/aromatic N) is 2. The van der Waals surface area contributed by atoms with Crippen LogP contribution in [0.2, 0.25) is 0 Å². The van der Waals surface area contributed by atoms with Gasteiger partial charge >= 0.3 is 0 Å². The van der Waals surface area contributed by atoms with Gasteiger partial charge in [0.1, 0.15) is 5.75 Å². The molecule has 2 aliphatic rings. The van der Waals surface area contributed by atoms with Crippen LogP contribution in [0.1, 0.15) is 30.9 Å². The predicted molar refractivity (Wildman–Crippen MR) is 75.0 cm³/mol. The van der Waals surface area contributed by atoms with Crippen LogP contribution in [0.25, 0.3) is 0 Å². The van der Waals surface area contributed by atoms with E-state index in [1.807, 2.05) is 0 Å². The molecule has 1 N–H and O–H groups in total. The zero-order valence-corrected chi connectivity index (χ0v) is 11.9. The van der Waals surface area contributed by atoms with Crippen LogP contribution in [0.4, 0.5) is 5.69 Å². The summed E-state index contributed by atoms with van der Waals surface area (Å²) in [5.41, 5.74) is 3.37. The van der Waals surface area contributed by atoms with Crippen molar-refractivity contribution in [2.45, 2.75) is 31.7 Å². The van der Waals surface area contributed by atoms with Gasteiger partial charge in [-0.2, -0.15) is 5.06 Å². The first kappa shape index (κ1) is 12.8. The molecule has 4 heteroatoms. The van der Waals surface area contributed by atoms with Crippen molar-refractivity contribution >= 4 is 5.69 Å². The molecule has 0 bridgehead atoms. The van der Waals surface area contributed by atoms with Gasteiger partial charge in [-0.3, -0.25) is 0 Å². The summed E-state index contributed by atoms with van der Waals surface area (Å²) in [6, 6.07) is 4.37. The van der Waals surface area contributed by atoms with Crippen LogP contribution in [-0.2, 0) is 12.0 Å². The molecule has 0 spiro atoms. The van der Waals surface area contributed by atoms with E-state index in [1.165, 1.54) is 22.7 Å². The minimum Gasteiger partial charge on any atom is -0.493 e. The third kappa shape index (κ3) is 1.90. The lowest BCUT2D eigenvalue weighted by atomic mass is 9.84. The van der Waals surface area contributed by atoms with E-state index in [1.54, 1.807) is 7.05 Å². The Morgan fingerprint density at radius 1 is 1.42 bits per heavy atom. The fourth-order valence-corrected chi connectivity index (χ4v) is 3.16. The molecule has 0 radical (unpaired) electrons. The van der Waals surface area contributed by atoms with Crippen molar-refractivity contribution in [1.82, 2.24) is 5.06 Å². The molecule has 104 valence electrons. The first-order valence-corrected chi connectivity index (χ1v) is 6.96. The highest BCUT2D eigenvalue weighted by Crippen LogP contribution is 2.44. The van der Waals surface area contributed by atoms with Crippen molar-refractivity contribution in [3.63, 3.8) is 0 Å². The van der Waals surface area contributed by atoms with Gasteiger partial charge in [-0.1, -0.05) is 0 Å². The monoisotopic (exact) mass is 262 g/mol. The van der Waals surface area contributed by atoms with Crippen LogP contribution in [-0.4, -0.2) is 37.5 Å². The summed E-state index contributed by atoms with van der Waals surface area (Å²) in [6.07, 6.45) is 3.11. The molecule has 1 atom stereocenters. The number of hydrogen-bond donors (Lipinski definition) is 1. The average molecular weight is 262 g/mol. The molecule has 19 heavy (non-hydrogen) atoms. The molecule has 0 fully saturated rings. The van der Waals surface area contributed by atoms with Crippen molar-refractivity contribution in [2.24, 2.45) is 0 Å². The highest BCUT2D eigenvalue weighted by Gasteiger charge is 2.38. The molecule has 2 aliphatic heterocycles. The number of rotatable bonds is 1. The van der Waals surface area contributed by atoms with Gasteiger partial charge in [0.25, 0.3) is 0 Å². The van der Waals surface area contributed by atoms with Crippen molar-refractivity contribution < 1.29 is 9.94 Å². The number of benzene rings is 1. The smallest absolute Gasteiger partial charge is 0.124 e. The Morgan fingerprint density at radius 2 is 2.21 bits per heavy atom. The second kappa shape index (κ2) is 4.39. The average Bonchev–Trinajstić information content (AvgIpc) is 2.38. The molecule has 4 nitrogen and oxygen atoms in total. The number of anilines is 1. The van der Waals surface area contributed by atoms with Gasteiger partial charge in [-0.25, -0.2) is 0 Å². The van der Waals surface area contributed by atoms with Crippen molar-refractivity contribution in [2.75, 3.05) is 32.1 Å². The van der Waals surface area contributed by atoms with Gasteiger partial charge < -0.3 is 14.8 Å². The summed E-state index contributed by atoms with van der Waals surface area (Å²) in [5.74, 6) is 0.934. The Labute approximate surface area is 114 Å². The lowest BCUT2D eigenvalue weighted by Gasteiger charge is -2.41. The molecule has 0 aromatic heterocycles. The molecule has 0 aliphatic carbocycles. The number of hydrogen-bond acceptors (Lipinski definition) is 4. The summed E-state index contributed by atoms with van der Waals surface area (Å²) in [6.45, 7) is 3.82. The maximum Gasteiger partial charge on any atom is 0.124 e. The van der Waals surface area contributed by atoms with Crippen LogP contribution < -0.4 is 9.64 Å². The third-order valence-corrected chi connectivity index (χ3v) is 4.67. The topological polar surface area (TPSA) is 35.9 Å². The number of aryl methyl sites for hydroxylation is 1. The van der Waals surface area contributed by atoms with Crippen molar-refractivity contribution in [1.29, 1.82) is 0 Å². The lowest BCUT2D eigenvalue weighted by Crippen LogP contribution is -2.43. The zero-order chi connectivity index (χ0) is 13.6. The largest absolute Gasteiger partial charge is 0.493 e. The van der Waals surface area contributed by atoms with Crippen LogP contribution in [0, 0.1) is 0 Å². The molecule has 2 heterocycles. The van der Waals surface area contributed by atoms with E-state index in [4.69, 9.17) is 4.74 Å². The molecule has 1 aromatic carbocycles. The first-order chi connectivity index (χ1) is 9.02. The quantitative estimate of drug-likeness (QED) is 0.788. The maximum atomic E-state index is 10.0. The first-order valence-electron chi connectivity index (χ1n) is 6.96. The Balaban J connectivity index is 2.14. The Bertz CT molecular complexity index is 501.